The van der Waals surface area contributed by atoms with Crippen LogP contribution >= 0.6 is 23.1 Å². The first kappa shape index (κ1) is 34.8. The third kappa shape index (κ3) is 7.88. The van der Waals surface area contributed by atoms with Gasteiger partial charge in [0, 0.05) is 70.0 Å². The van der Waals surface area contributed by atoms with Crippen molar-refractivity contribution >= 4 is 79.8 Å². The number of nitrogens with one attached hydrogen (secondary N) is 3. The summed E-state index contributed by atoms with van der Waals surface area (Å²) in [5.41, 5.74) is 3.92. The highest BCUT2D eigenvalue weighted by atomic mass is 79.9. The first-order chi connectivity index (χ1) is 23.5. The number of carbonyl (C=O) groups excluding carboxylic acids is 1. The molecule has 0 saturated carbocycles. The van der Waals surface area contributed by atoms with Gasteiger partial charge in [-0.15, -0.1) is 0 Å². The summed E-state index contributed by atoms with van der Waals surface area (Å²) in [5.74, 6) is 0.997. The van der Waals surface area contributed by atoms with Crippen molar-refractivity contribution in [3.05, 3.63) is 60.0 Å². The maximum Gasteiger partial charge on any atom is 0.247 e. The third-order valence-electron chi connectivity index (χ3n) is 9.02. The number of halogens is 1. The maximum absolute atomic E-state index is 13.5. The number of benzene rings is 2. The Balaban J connectivity index is 1.27. The monoisotopic (exact) mass is 748 g/mol. The molecule has 2 aliphatic heterocycles. The molecule has 4 heterocycles. The van der Waals surface area contributed by atoms with E-state index >= 15 is 0 Å². The second-order valence-corrected chi connectivity index (χ2v) is 16.7. The van der Waals surface area contributed by atoms with E-state index in [-0.39, 0.29) is 11.9 Å². The number of ether oxygens (including phenoxy) is 1. The Labute approximate surface area is 295 Å². The molecular formula is C34H42BrN10O3P. The molecule has 13 nitrogen and oxygen atoms in total. The smallest absolute Gasteiger partial charge is 0.247 e. The third-order valence-corrected chi connectivity index (χ3v) is 11.1. The van der Waals surface area contributed by atoms with Crippen molar-refractivity contribution in [1.29, 1.82) is 0 Å². The van der Waals surface area contributed by atoms with E-state index in [0.29, 0.717) is 55.5 Å². The highest BCUT2D eigenvalue weighted by molar-refractivity contribution is 9.10. The minimum absolute atomic E-state index is 0.282. The molecule has 0 spiro atoms. The van der Waals surface area contributed by atoms with Gasteiger partial charge in [0.1, 0.15) is 24.2 Å². The maximum atomic E-state index is 13.5. The van der Waals surface area contributed by atoms with Gasteiger partial charge in [-0.1, -0.05) is 6.58 Å². The van der Waals surface area contributed by atoms with Gasteiger partial charge < -0.3 is 35.1 Å². The van der Waals surface area contributed by atoms with Crippen molar-refractivity contribution in [2.45, 2.75) is 18.9 Å². The molecule has 2 aromatic carbocycles. The van der Waals surface area contributed by atoms with Gasteiger partial charge in [0.05, 0.1) is 45.2 Å². The summed E-state index contributed by atoms with van der Waals surface area (Å²) in [6.45, 7) is 13.2. The van der Waals surface area contributed by atoms with E-state index in [1.165, 1.54) is 6.08 Å². The van der Waals surface area contributed by atoms with Gasteiger partial charge in [0.2, 0.25) is 11.9 Å². The minimum atomic E-state index is -2.79. The SMILES string of the molecule is C=CC(=O)Nc1cc(Nc2ncc(Br)c(Nc3ccc4nccnc4c3P(C)(C)=O)n2)c(OC)cc1N1CCC(N2CCN(C)CC2)CC1. The lowest BCUT2D eigenvalue weighted by atomic mass is 10.0. The Morgan fingerprint density at radius 3 is 2.43 bits per heavy atom. The second-order valence-electron chi connectivity index (χ2n) is 12.7. The van der Waals surface area contributed by atoms with Gasteiger partial charge in [-0.2, -0.15) is 4.98 Å². The largest absolute Gasteiger partial charge is 0.494 e. The summed E-state index contributed by atoms with van der Waals surface area (Å²) in [6, 6.07) is 8.00. The molecule has 49 heavy (non-hydrogen) atoms. The number of hydrogen-bond donors (Lipinski definition) is 3. The van der Waals surface area contributed by atoms with Crippen molar-refractivity contribution in [1.82, 2.24) is 29.7 Å². The number of fused-ring (bicyclic) bond motifs is 1. The highest BCUT2D eigenvalue weighted by Gasteiger charge is 2.29. The molecule has 6 rings (SSSR count). The molecule has 15 heteroatoms. The predicted molar refractivity (Wildman–Crippen MR) is 201 cm³/mol. The molecule has 258 valence electrons. The van der Waals surface area contributed by atoms with Crippen molar-refractivity contribution in [3.8, 4) is 5.75 Å². The summed E-state index contributed by atoms with van der Waals surface area (Å²) in [6.07, 6.45) is 8.17. The highest BCUT2D eigenvalue weighted by Crippen LogP contribution is 2.42. The molecule has 3 N–H and O–H groups in total. The summed E-state index contributed by atoms with van der Waals surface area (Å²) < 4.78 is 19.9. The number of likely N-dealkylation sites (N-methyl/N-ethyl adjacent to an activating group) is 1. The Hall–Kier alpha value is -4.10. The van der Waals surface area contributed by atoms with Crippen LogP contribution in [0.25, 0.3) is 11.0 Å². The van der Waals surface area contributed by atoms with Gasteiger partial charge in [-0.05, 0) is 73.4 Å². The zero-order chi connectivity index (χ0) is 34.7. The van der Waals surface area contributed by atoms with Crippen molar-refractivity contribution in [2.75, 3.05) is 87.6 Å². The van der Waals surface area contributed by atoms with Crippen LogP contribution in [0.15, 0.2) is 60.0 Å². The van der Waals surface area contributed by atoms with Crippen LogP contribution in [0.4, 0.5) is 34.5 Å². The molecule has 4 aromatic rings. The fourth-order valence-electron chi connectivity index (χ4n) is 6.47. The van der Waals surface area contributed by atoms with Crippen LogP contribution in [-0.2, 0) is 9.36 Å². The Kier molecular flexibility index (Phi) is 10.5. The molecule has 0 bridgehead atoms. The summed E-state index contributed by atoms with van der Waals surface area (Å²) in [7, 11) is 1.00. The minimum Gasteiger partial charge on any atom is -0.494 e. The molecule has 2 aliphatic rings. The molecule has 0 aliphatic carbocycles. The van der Waals surface area contributed by atoms with Crippen LogP contribution < -0.4 is 30.9 Å². The number of rotatable bonds is 10. The van der Waals surface area contributed by atoms with Gasteiger partial charge in [-0.3, -0.25) is 19.7 Å². The molecule has 0 radical (unpaired) electrons. The second kappa shape index (κ2) is 14.8. The lowest BCUT2D eigenvalue weighted by Gasteiger charge is -2.43. The van der Waals surface area contributed by atoms with E-state index in [1.54, 1.807) is 39.0 Å². The molecule has 2 aromatic heterocycles. The van der Waals surface area contributed by atoms with Crippen LogP contribution in [0, 0.1) is 0 Å². The van der Waals surface area contributed by atoms with Crippen molar-refractivity contribution in [2.24, 2.45) is 0 Å². The summed E-state index contributed by atoms with van der Waals surface area (Å²) in [5, 5.41) is 10.2. The number of hydrogen-bond acceptors (Lipinski definition) is 12. The van der Waals surface area contributed by atoms with Gasteiger partial charge >= 0.3 is 0 Å². The topological polar surface area (TPSA) is 141 Å². The van der Waals surface area contributed by atoms with E-state index < -0.39 is 7.14 Å². The van der Waals surface area contributed by atoms with E-state index in [2.05, 4.69) is 75.2 Å². The number of carbonyl (C=O) groups is 1. The lowest BCUT2D eigenvalue weighted by Crippen LogP contribution is -2.52. The Morgan fingerprint density at radius 1 is 1.00 bits per heavy atom. The van der Waals surface area contributed by atoms with Crippen LogP contribution in [-0.4, -0.2) is 108 Å². The number of piperidine rings is 1. The quantitative estimate of drug-likeness (QED) is 0.144. The molecular weight excluding hydrogens is 707 g/mol. The summed E-state index contributed by atoms with van der Waals surface area (Å²) >= 11 is 3.55. The van der Waals surface area contributed by atoms with Crippen LogP contribution in [0.5, 0.6) is 5.75 Å². The Morgan fingerprint density at radius 2 is 1.73 bits per heavy atom. The van der Waals surface area contributed by atoms with Crippen molar-refractivity contribution < 1.29 is 14.1 Å². The fourth-order valence-corrected chi connectivity index (χ4v) is 8.15. The standard InChI is InChI=1S/C34H42BrN10O3P/c1-6-30(46)39-26-19-27(29(48-3)20-28(26)45-13-9-22(10-14-45)44-17-15-43(2)16-18-44)41-34-38-21-23(35)33(42-34)40-25-8-7-24-31(37-12-11-36-24)32(25)49(4,5)47/h6-8,11-12,19-22H,1,9-10,13-18H2,2-5H3,(H,39,46)(H2,38,40,41,42). The first-order valence-electron chi connectivity index (χ1n) is 16.2. The van der Waals surface area contributed by atoms with E-state index in [4.69, 9.17) is 9.72 Å². The van der Waals surface area contributed by atoms with E-state index in [0.717, 1.165) is 57.8 Å². The van der Waals surface area contributed by atoms with Crippen LogP contribution in [0.2, 0.25) is 0 Å². The number of piperazine rings is 1. The van der Waals surface area contributed by atoms with E-state index in [1.807, 2.05) is 24.3 Å². The summed E-state index contributed by atoms with van der Waals surface area (Å²) in [4.78, 5) is 38.0. The predicted octanol–water partition coefficient (Wildman–Crippen LogP) is 5.27. The lowest BCUT2D eigenvalue weighted by molar-refractivity contribution is -0.111. The van der Waals surface area contributed by atoms with Crippen LogP contribution in [0.1, 0.15) is 12.8 Å². The fraction of sp³-hybridized carbons (Fsp3) is 0.382. The number of aromatic nitrogens is 4. The molecule has 2 fully saturated rings. The first-order valence-corrected chi connectivity index (χ1v) is 19.6. The number of nitrogens with zero attached hydrogens (tertiary/aromatic N) is 7. The molecule has 0 unspecified atom stereocenters. The normalized spacial score (nSPS) is 16.4. The van der Waals surface area contributed by atoms with Gasteiger partial charge in [-0.25, -0.2) is 4.98 Å². The number of methoxy groups -OCH3 is 1. The zero-order valence-corrected chi connectivity index (χ0v) is 30.7. The Bertz CT molecular complexity index is 1910. The number of anilines is 6. The molecule has 1 amide bonds. The van der Waals surface area contributed by atoms with Crippen LogP contribution in [0.3, 0.4) is 0 Å². The van der Waals surface area contributed by atoms with Gasteiger partial charge in [0.25, 0.3) is 0 Å². The molecule has 2 saturated heterocycles. The van der Waals surface area contributed by atoms with Gasteiger partial charge in [0.15, 0.2) is 0 Å². The van der Waals surface area contributed by atoms with E-state index in [9.17, 15) is 9.36 Å². The molecule has 0 atom stereocenters. The van der Waals surface area contributed by atoms with Crippen molar-refractivity contribution in [3.63, 3.8) is 0 Å². The average Bonchev–Trinajstić information content (AvgIpc) is 3.09. The average molecular weight is 750 g/mol. The zero-order valence-electron chi connectivity index (χ0n) is 28.2. The number of amides is 1.